The maximum absolute atomic E-state index is 11.5. The minimum absolute atomic E-state index is 0.00134. The van der Waals surface area contributed by atoms with Gasteiger partial charge < -0.3 is 79.1 Å². The van der Waals surface area contributed by atoms with E-state index in [9.17, 15) is 46.0 Å². The zero-order valence-electron chi connectivity index (χ0n) is 26.7. The molecule has 3 saturated heterocycles. The van der Waals surface area contributed by atoms with Crippen molar-refractivity contribution in [2.24, 2.45) is 0 Å². The summed E-state index contributed by atoms with van der Waals surface area (Å²) < 4.78 is 41.4. The van der Waals surface area contributed by atoms with Crippen LogP contribution in [0.1, 0.15) is 52.9 Å². The summed E-state index contributed by atoms with van der Waals surface area (Å²) in [5, 5.41) is 95.8. The van der Waals surface area contributed by atoms with E-state index in [-0.39, 0.29) is 13.0 Å². The second kappa shape index (κ2) is 18.2. The van der Waals surface area contributed by atoms with Crippen LogP contribution < -0.4 is 0 Å². The number of rotatable bonds is 17. The molecule has 270 valence electrons. The van der Waals surface area contributed by atoms with E-state index in [1.165, 1.54) is 0 Å². The molecule has 16 heteroatoms. The summed E-state index contributed by atoms with van der Waals surface area (Å²) in [5.74, 6) is 0. The lowest BCUT2D eigenvalue weighted by Gasteiger charge is -2.54. The highest BCUT2D eigenvalue weighted by molar-refractivity contribution is 5.04. The van der Waals surface area contributed by atoms with Gasteiger partial charge in [-0.3, -0.25) is 0 Å². The first-order chi connectivity index (χ1) is 21.9. The van der Waals surface area contributed by atoms with E-state index in [2.05, 4.69) is 6.58 Å². The van der Waals surface area contributed by atoms with E-state index in [1.54, 1.807) is 26.8 Å². The van der Waals surface area contributed by atoms with Crippen LogP contribution in [0.4, 0.5) is 0 Å². The first-order valence-corrected chi connectivity index (χ1v) is 16.0. The van der Waals surface area contributed by atoms with E-state index in [4.69, 9.17) is 33.2 Å². The van der Waals surface area contributed by atoms with Gasteiger partial charge in [-0.25, -0.2) is 0 Å². The molecule has 9 unspecified atom stereocenters. The van der Waals surface area contributed by atoms with E-state index >= 15 is 0 Å². The highest BCUT2D eigenvalue weighted by Gasteiger charge is 2.60. The Morgan fingerprint density at radius 3 is 1.96 bits per heavy atom. The van der Waals surface area contributed by atoms with Gasteiger partial charge in [0.2, 0.25) is 0 Å². The van der Waals surface area contributed by atoms with Crippen LogP contribution >= 0.6 is 0 Å². The summed E-state index contributed by atoms with van der Waals surface area (Å²) in [4.78, 5) is 0. The SMILES string of the molecule is C=CCCCCO[C@H]1OC(CO)[C@H](O)C(O)C1(CCC)O[C@H]1OC(CO)[C@@H](O)C(O)C1O[C@@H]1OC(CO)[C@@H](O)C(OC(C)C)C1O. The predicted octanol–water partition coefficient (Wildman–Crippen LogP) is -2.59. The van der Waals surface area contributed by atoms with Crippen molar-refractivity contribution in [3.63, 3.8) is 0 Å². The Hall–Kier alpha value is -0.900. The monoisotopic (exact) mass is 670 g/mol. The van der Waals surface area contributed by atoms with Gasteiger partial charge in [-0.1, -0.05) is 19.4 Å². The molecule has 0 spiro atoms. The Labute approximate surface area is 269 Å². The van der Waals surface area contributed by atoms with Crippen LogP contribution in [0.15, 0.2) is 12.7 Å². The Kier molecular flexibility index (Phi) is 15.6. The van der Waals surface area contributed by atoms with Crippen molar-refractivity contribution < 1.29 is 79.1 Å². The Morgan fingerprint density at radius 2 is 1.37 bits per heavy atom. The highest BCUT2D eigenvalue weighted by Crippen LogP contribution is 2.41. The van der Waals surface area contributed by atoms with Crippen LogP contribution in [-0.4, -0.2) is 170 Å². The summed E-state index contributed by atoms with van der Waals surface area (Å²) in [7, 11) is 0. The summed E-state index contributed by atoms with van der Waals surface area (Å²) >= 11 is 0. The minimum Gasteiger partial charge on any atom is -0.394 e. The van der Waals surface area contributed by atoms with Gasteiger partial charge in [0.05, 0.1) is 25.9 Å². The molecule has 0 bridgehead atoms. The third kappa shape index (κ3) is 8.81. The van der Waals surface area contributed by atoms with E-state index in [0.29, 0.717) is 12.8 Å². The topological polar surface area (TPSA) is 247 Å². The van der Waals surface area contributed by atoms with Crippen LogP contribution in [0.25, 0.3) is 0 Å². The lowest BCUT2D eigenvalue weighted by atomic mass is 9.82. The fourth-order valence-corrected chi connectivity index (χ4v) is 6.05. The first-order valence-electron chi connectivity index (χ1n) is 16.0. The molecule has 0 aromatic heterocycles. The third-order valence-electron chi connectivity index (χ3n) is 8.50. The number of hydrogen-bond donors (Lipinski definition) is 9. The van der Waals surface area contributed by atoms with Crippen molar-refractivity contribution in [1.29, 1.82) is 0 Å². The Bertz CT molecular complexity index is 897. The molecule has 3 aliphatic heterocycles. The normalized spacial score (nSPS) is 43.6. The van der Waals surface area contributed by atoms with Crippen LogP contribution in [0.2, 0.25) is 0 Å². The van der Waals surface area contributed by atoms with Gasteiger partial charge in [0.1, 0.15) is 67.1 Å². The number of aliphatic hydroxyl groups excluding tert-OH is 9. The van der Waals surface area contributed by atoms with Crippen LogP contribution in [0.3, 0.4) is 0 Å². The molecule has 16 nitrogen and oxygen atoms in total. The predicted molar refractivity (Wildman–Crippen MR) is 157 cm³/mol. The zero-order valence-corrected chi connectivity index (χ0v) is 26.7. The number of aliphatic hydroxyl groups is 9. The molecule has 15 atom stereocenters. The van der Waals surface area contributed by atoms with Gasteiger partial charge in [0.15, 0.2) is 24.5 Å². The molecule has 3 fully saturated rings. The average Bonchev–Trinajstić information content (AvgIpc) is 3.03. The highest BCUT2D eigenvalue weighted by atomic mass is 16.8. The van der Waals surface area contributed by atoms with E-state index in [0.717, 1.165) is 12.8 Å². The number of ether oxygens (including phenoxy) is 7. The standard InChI is InChI=1S/C30H54O16/c1-5-7-8-9-11-40-29-30(10-6-2,26(39)21(36)18(14-33)44-29)46-28-25(22(37)19(34)16(12-31)43-28)45-27-23(38)24(41-15(3)4)20(35)17(13-32)42-27/h5,15-29,31-39H,1,6-14H2,2-4H3/t16?,17?,18?,19-,20-,21+,22?,23?,24?,25?,26?,27+,28-,29+,30?/m1/s1. The Morgan fingerprint density at radius 1 is 0.761 bits per heavy atom. The molecule has 0 radical (unpaired) electrons. The van der Waals surface area contributed by atoms with Crippen LogP contribution in [0.5, 0.6) is 0 Å². The molecule has 46 heavy (non-hydrogen) atoms. The maximum Gasteiger partial charge on any atom is 0.189 e. The third-order valence-corrected chi connectivity index (χ3v) is 8.50. The fourth-order valence-electron chi connectivity index (χ4n) is 6.05. The number of allylic oxidation sites excluding steroid dienone is 1. The van der Waals surface area contributed by atoms with Gasteiger partial charge in [0.25, 0.3) is 0 Å². The zero-order chi connectivity index (χ0) is 34.2. The van der Waals surface area contributed by atoms with E-state index < -0.39 is 118 Å². The van der Waals surface area contributed by atoms with Gasteiger partial charge in [-0.05, 0) is 39.5 Å². The lowest BCUT2D eigenvalue weighted by molar-refractivity contribution is -0.419. The molecule has 0 aromatic rings. The number of hydrogen-bond acceptors (Lipinski definition) is 16. The molecule has 0 aromatic carbocycles. The minimum atomic E-state index is -1.90. The maximum atomic E-state index is 11.5. The molecular formula is C30H54O16. The summed E-state index contributed by atoms with van der Waals surface area (Å²) in [6.45, 7) is 6.88. The van der Waals surface area contributed by atoms with Crippen LogP contribution in [0, 0.1) is 0 Å². The van der Waals surface area contributed by atoms with Gasteiger partial charge in [-0.15, -0.1) is 6.58 Å². The van der Waals surface area contributed by atoms with Crippen molar-refractivity contribution >= 4 is 0 Å². The summed E-state index contributed by atoms with van der Waals surface area (Å²) in [6, 6.07) is 0. The molecule has 0 aliphatic carbocycles. The second-order valence-corrected chi connectivity index (χ2v) is 12.3. The van der Waals surface area contributed by atoms with Crippen molar-refractivity contribution in [1.82, 2.24) is 0 Å². The molecule has 9 N–H and O–H groups in total. The molecule has 0 amide bonds. The molecule has 3 rings (SSSR count). The average molecular weight is 671 g/mol. The van der Waals surface area contributed by atoms with Crippen molar-refractivity contribution in [2.75, 3.05) is 26.4 Å². The second-order valence-electron chi connectivity index (χ2n) is 12.3. The van der Waals surface area contributed by atoms with Crippen molar-refractivity contribution in [2.45, 2.75) is 151 Å². The van der Waals surface area contributed by atoms with Gasteiger partial charge in [0, 0.05) is 6.61 Å². The smallest absolute Gasteiger partial charge is 0.189 e. The summed E-state index contributed by atoms with van der Waals surface area (Å²) in [6.07, 6.45) is -17.9. The molecular weight excluding hydrogens is 616 g/mol. The van der Waals surface area contributed by atoms with Crippen molar-refractivity contribution in [3.05, 3.63) is 12.7 Å². The van der Waals surface area contributed by atoms with E-state index in [1.807, 2.05) is 0 Å². The fraction of sp³-hybridized carbons (Fsp3) is 0.933. The summed E-state index contributed by atoms with van der Waals surface area (Å²) in [5.41, 5.74) is -1.90. The van der Waals surface area contributed by atoms with Gasteiger partial charge in [-0.2, -0.15) is 0 Å². The molecule has 3 aliphatic rings. The first kappa shape index (κ1) is 39.5. The lowest BCUT2D eigenvalue weighted by Crippen LogP contribution is -2.71. The molecule has 0 saturated carbocycles. The van der Waals surface area contributed by atoms with Crippen molar-refractivity contribution in [3.8, 4) is 0 Å². The van der Waals surface area contributed by atoms with Crippen LogP contribution in [-0.2, 0) is 33.2 Å². The molecule has 3 heterocycles. The Balaban J connectivity index is 1.98. The quantitative estimate of drug-likeness (QED) is 0.0569. The number of unbranched alkanes of at least 4 members (excludes halogenated alkanes) is 2. The largest absolute Gasteiger partial charge is 0.394 e. The van der Waals surface area contributed by atoms with Gasteiger partial charge >= 0.3 is 0 Å².